The summed E-state index contributed by atoms with van der Waals surface area (Å²) in [5, 5.41) is 2.83. The average Bonchev–Trinajstić information content (AvgIpc) is 3.20. The highest BCUT2D eigenvalue weighted by Crippen LogP contribution is 2.32. The average molecular weight is 399 g/mol. The van der Waals surface area contributed by atoms with E-state index < -0.39 is 6.10 Å². The minimum atomic E-state index is -0.689. The van der Waals surface area contributed by atoms with Gasteiger partial charge < -0.3 is 24.3 Å². The molecule has 0 spiro atoms. The molecule has 3 rings (SSSR count). The maximum atomic E-state index is 12.3. The second kappa shape index (κ2) is 9.82. The van der Waals surface area contributed by atoms with E-state index in [1.807, 2.05) is 25.1 Å². The number of esters is 1. The Morgan fingerprint density at radius 1 is 1.10 bits per heavy atom. The molecule has 2 aromatic rings. The van der Waals surface area contributed by atoms with E-state index in [2.05, 4.69) is 5.32 Å². The van der Waals surface area contributed by atoms with Crippen molar-refractivity contribution in [2.24, 2.45) is 0 Å². The van der Waals surface area contributed by atoms with E-state index in [0.717, 1.165) is 18.4 Å². The van der Waals surface area contributed by atoms with Crippen LogP contribution in [-0.4, -0.2) is 31.4 Å². The molecule has 2 aromatic carbocycles. The van der Waals surface area contributed by atoms with Crippen LogP contribution in [0, 0.1) is 0 Å². The van der Waals surface area contributed by atoms with Gasteiger partial charge in [-0.2, -0.15) is 0 Å². The smallest absolute Gasteiger partial charge is 0.338 e. The van der Waals surface area contributed by atoms with Gasteiger partial charge in [-0.05, 0) is 55.3 Å². The Kier molecular flexibility index (Phi) is 6.94. The van der Waals surface area contributed by atoms with E-state index in [4.69, 9.17) is 18.9 Å². The molecule has 0 saturated heterocycles. The van der Waals surface area contributed by atoms with Crippen molar-refractivity contribution in [3.63, 3.8) is 0 Å². The van der Waals surface area contributed by atoms with E-state index in [1.54, 1.807) is 31.2 Å². The van der Waals surface area contributed by atoms with Crippen LogP contribution < -0.4 is 19.5 Å². The number of carbonyl (C=O) groups is 2. The van der Waals surface area contributed by atoms with Gasteiger partial charge in [0.2, 0.25) is 6.79 Å². The second-order valence-corrected chi connectivity index (χ2v) is 6.68. The Hall–Kier alpha value is -3.22. The first-order valence-electron chi connectivity index (χ1n) is 9.67. The van der Waals surface area contributed by atoms with Crippen LogP contribution in [-0.2, 0) is 16.1 Å². The van der Waals surface area contributed by atoms with Gasteiger partial charge in [-0.3, -0.25) is 4.79 Å². The Morgan fingerprint density at radius 3 is 2.62 bits per heavy atom. The summed E-state index contributed by atoms with van der Waals surface area (Å²) < 4.78 is 21.4. The van der Waals surface area contributed by atoms with Crippen LogP contribution in [0.15, 0.2) is 42.5 Å². The highest BCUT2D eigenvalue weighted by molar-refractivity contribution is 5.89. The molecule has 1 atom stereocenters. The molecule has 1 aliphatic rings. The molecule has 1 amide bonds. The third kappa shape index (κ3) is 5.63. The fourth-order valence-electron chi connectivity index (χ4n) is 2.70. The lowest BCUT2D eigenvalue weighted by molar-refractivity contribution is -0.127. The summed E-state index contributed by atoms with van der Waals surface area (Å²) in [5.41, 5.74) is 1.36. The predicted molar refractivity (Wildman–Crippen MR) is 106 cm³/mol. The van der Waals surface area contributed by atoms with Gasteiger partial charge in [0, 0.05) is 6.54 Å². The first kappa shape index (κ1) is 20.5. The first-order chi connectivity index (χ1) is 14.1. The number of unbranched alkanes of at least 4 members (excludes halogenated alkanes) is 1. The maximum absolute atomic E-state index is 12.3. The van der Waals surface area contributed by atoms with E-state index in [0.29, 0.717) is 36.0 Å². The molecule has 0 unspecified atom stereocenters. The molecule has 0 bridgehead atoms. The molecule has 0 aromatic heterocycles. The first-order valence-corrected chi connectivity index (χ1v) is 9.67. The zero-order valence-corrected chi connectivity index (χ0v) is 16.6. The maximum Gasteiger partial charge on any atom is 0.338 e. The van der Waals surface area contributed by atoms with Crippen molar-refractivity contribution in [3.8, 4) is 17.2 Å². The molecule has 1 aliphatic heterocycles. The van der Waals surface area contributed by atoms with E-state index >= 15 is 0 Å². The van der Waals surface area contributed by atoms with Crippen LogP contribution in [0.1, 0.15) is 42.6 Å². The fraction of sp³-hybridized carbons (Fsp3) is 0.364. The molecule has 1 N–H and O–H groups in total. The Morgan fingerprint density at radius 2 is 1.86 bits per heavy atom. The second-order valence-electron chi connectivity index (χ2n) is 6.68. The van der Waals surface area contributed by atoms with Gasteiger partial charge >= 0.3 is 5.97 Å². The van der Waals surface area contributed by atoms with E-state index in [1.165, 1.54) is 0 Å². The summed E-state index contributed by atoms with van der Waals surface area (Å²) in [6.07, 6.45) is 1.12. The Balaban J connectivity index is 1.47. The summed E-state index contributed by atoms with van der Waals surface area (Å²) in [4.78, 5) is 24.2. The number of benzene rings is 2. The third-order valence-electron chi connectivity index (χ3n) is 4.41. The molecule has 0 aliphatic carbocycles. The van der Waals surface area contributed by atoms with Crippen LogP contribution in [0.2, 0.25) is 0 Å². The largest absolute Gasteiger partial charge is 0.481 e. The summed E-state index contributed by atoms with van der Waals surface area (Å²) >= 11 is 0. The fourth-order valence-corrected chi connectivity index (χ4v) is 2.70. The molecule has 0 fully saturated rings. The molecular weight excluding hydrogens is 374 g/mol. The van der Waals surface area contributed by atoms with Crippen LogP contribution in [0.25, 0.3) is 0 Å². The molecule has 29 heavy (non-hydrogen) atoms. The lowest BCUT2D eigenvalue weighted by Gasteiger charge is -2.15. The van der Waals surface area contributed by atoms with Gasteiger partial charge in [0.05, 0.1) is 12.2 Å². The zero-order chi connectivity index (χ0) is 20.6. The van der Waals surface area contributed by atoms with Gasteiger partial charge in [-0.1, -0.05) is 19.4 Å². The van der Waals surface area contributed by atoms with Crippen molar-refractivity contribution in [2.45, 2.75) is 39.3 Å². The summed E-state index contributed by atoms with van der Waals surface area (Å²) in [5.74, 6) is 1.27. The lowest BCUT2D eigenvalue weighted by atomic mass is 10.2. The van der Waals surface area contributed by atoms with Crippen molar-refractivity contribution in [2.75, 3.05) is 13.4 Å². The summed E-state index contributed by atoms with van der Waals surface area (Å²) in [6.45, 7) is 4.68. The van der Waals surface area contributed by atoms with Crippen LogP contribution >= 0.6 is 0 Å². The van der Waals surface area contributed by atoms with Crippen LogP contribution in [0.3, 0.4) is 0 Å². The molecule has 1 heterocycles. The Labute approximate surface area is 169 Å². The van der Waals surface area contributed by atoms with Crippen molar-refractivity contribution in [3.05, 3.63) is 53.6 Å². The number of nitrogens with one attached hydrogen (secondary N) is 1. The normalized spacial score (nSPS) is 12.9. The van der Waals surface area contributed by atoms with Gasteiger partial charge in [0.1, 0.15) is 5.75 Å². The Bertz CT molecular complexity index is 849. The highest BCUT2D eigenvalue weighted by Gasteiger charge is 2.17. The topological polar surface area (TPSA) is 83.1 Å². The number of amides is 1. The minimum absolute atomic E-state index is 0.214. The number of carbonyl (C=O) groups excluding carboxylic acids is 2. The standard InChI is InChI=1S/C22H25NO6/c1-3-4-11-26-22(25)17-6-8-18(9-7-17)29-15(2)21(24)23-13-16-5-10-19-20(12-16)28-14-27-19/h5-10,12,15H,3-4,11,13-14H2,1-2H3,(H,23,24)/t15-/m0/s1. The van der Waals surface area contributed by atoms with Crippen LogP contribution in [0.5, 0.6) is 17.2 Å². The molecule has 154 valence electrons. The van der Waals surface area contributed by atoms with Gasteiger partial charge in [0.25, 0.3) is 5.91 Å². The van der Waals surface area contributed by atoms with E-state index in [-0.39, 0.29) is 18.7 Å². The zero-order valence-electron chi connectivity index (χ0n) is 16.6. The molecule has 0 radical (unpaired) electrons. The quantitative estimate of drug-likeness (QED) is 0.514. The van der Waals surface area contributed by atoms with Crippen molar-refractivity contribution in [1.82, 2.24) is 5.32 Å². The molecule has 0 saturated carbocycles. The lowest BCUT2D eigenvalue weighted by Crippen LogP contribution is -2.35. The summed E-state index contributed by atoms with van der Waals surface area (Å²) in [7, 11) is 0. The van der Waals surface area contributed by atoms with Gasteiger partial charge in [-0.15, -0.1) is 0 Å². The number of hydrogen-bond donors (Lipinski definition) is 1. The summed E-state index contributed by atoms with van der Waals surface area (Å²) in [6, 6.07) is 12.1. The third-order valence-corrected chi connectivity index (χ3v) is 4.41. The van der Waals surface area contributed by atoms with Crippen LogP contribution in [0.4, 0.5) is 0 Å². The number of fused-ring (bicyclic) bond motifs is 1. The van der Waals surface area contributed by atoms with Gasteiger partial charge in [-0.25, -0.2) is 4.79 Å². The van der Waals surface area contributed by atoms with Crippen molar-refractivity contribution >= 4 is 11.9 Å². The molecule has 7 nitrogen and oxygen atoms in total. The van der Waals surface area contributed by atoms with Crippen molar-refractivity contribution < 1.29 is 28.5 Å². The predicted octanol–water partition coefficient (Wildman–Crippen LogP) is 3.46. The van der Waals surface area contributed by atoms with Crippen molar-refractivity contribution in [1.29, 1.82) is 0 Å². The SMILES string of the molecule is CCCCOC(=O)c1ccc(O[C@@H](C)C(=O)NCc2ccc3c(c2)OCO3)cc1. The highest BCUT2D eigenvalue weighted by atomic mass is 16.7. The number of ether oxygens (including phenoxy) is 4. The van der Waals surface area contributed by atoms with E-state index in [9.17, 15) is 9.59 Å². The minimum Gasteiger partial charge on any atom is -0.481 e. The number of rotatable bonds is 9. The monoisotopic (exact) mass is 399 g/mol. The number of hydrogen-bond acceptors (Lipinski definition) is 6. The molecule has 7 heteroatoms. The van der Waals surface area contributed by atoms with Gasteiger partial charge in [0.15, 0.2) is 17.6 Å². The molecular formula is C22H25NO6.